The van der Waals surface area contributed by atoms with Crippen LogP contribution >= 0.6 is 27.5 Å². The number of nitrogens with zero attached hydrogens (tertiary/aromatic N) is 1. The molecule has 1 heterocycles. The van der Waals surface area contributed by atoms with Crippen LogP contribution in [0.25, 0.3) is 0 Å². The number of halogens is 4. The molecule has 0 radical (unpaired) electrons. The lowest BCUT2D eigenvalue weighted by atomic mass is 10.3. The zero-order valence-electron chi connectivity index (χ0n) is 10.4. The van der Waals surface area contributed by atoms with E-state index < -0.39 is 11.6 Å². The highest BCUT2D eigenvalue weighted by atomic mass is 79.9. The zero-order valence-corrected chi connectivity index (χ0v) is 12.7. The molecule has 0 atom stereocenters. The van der Waals surface area contributed by atoms with Crippen LogP contribution in [-0.2, 0) is 6.61 Å². The van der Waals surface area contributed by atoms with Crippen LogP contribution in [0.1, 0.15) is 5.69 Å². The molecule has 0 fully saturated rings. The minimum atomic E-state index is -1.05. The highest BCUT2D eigenvalue weighted by Gasteiger charge is 2.13. The standard InChI is InChI=1S/C13H10BrClF2N2O/c1-18-12-3-2-8(15)10(19-12)6-20-11-5-7(14)4-9(16)13(11)17/h2-5H,6H2,1H3,(H,18,19). The normalized spacial score (nSPS) is 10.4. The Morgan fingerprint density at radius 3 is 2.80 bits per heavy atom. The molecule has 0 saturated heterocycles. The van der Waals surface area contributed by atoms with E-state index in [2.05, 4.69) is 26.2 Å². The van der Waals surface area contributed by atoms with Crippen molar-refractivity contribution >= 4 is 33.3 Å². The predicted octanol–water partition coefficient (Wildman–Crippen LogP) is 4.40. The number of ether oxygens (including phenoxy) is 1. The first-order valence-corrected chi connectivity index (χ1v) is 6.79. The van der Waals surface area contributed by atoms with Crippen molar-refractivity contribution in [2.75, 3.05) is 12.4 Å². The Balaban J connectivity index is 2.21. The van der Waals surface area contributed by atoms with Gasteiger partial charge < -0.3 is 10.1 Å². The Kier molecular flexibility index (Phi) is 4.77. The smallest absolute Gasteiger partial charge is 0.200 e. The van der Waals surface area contributed by atoms with Gasteiger partial charge in [-0.15, -0.1) is 0 Å². The van der Waals surface area contributed by atoms with Crippen molar-refractivity contribution in [3.63, 3.8) is 0 Å². The van der Waals surface area contributed by atoms with E-state index in [9.17, 15) is 8.78 Å². The van der Waals surface area contributed by atoms with Crippen LogP contribution in [0, 0.1) is 11.6 Å². The van der Waals surface area contributed by atoms with Gasteiger partial charge in [0, 0.05) is 11.5 Å². The summed E-state index contributed by atoms with van der Waals surface area (Å²) < 4.78 is 32.4. The Morgan fingerprint density at radius 2 is 2.10 bits per heavy atom. The van der Waals surface area contributed by atoms with E-state index >= 15 is 0 Å². The molecule has 2 aromatic rings. The highest BCUT2D eigenvalue weighted by molar-refractivity contribution is 9.10. The van der Waals surface area contributed by atoms with Crippen LogP contribution in [0.3, 0.4) is 0 Å². The number of hydrogen-bond donors (Lipinski definition) is 1. The van der Waals surface area contributed by atoms with Crippen molar-refractivity contribution in [2.24, 2.45) is 0 Å². The average Bonchev–Trinajstić information content (AvgIpc) is 2.42. The fraction of sp³-hybridized carbons (Fsp3) is 0.154. The lowest BCUT2D eigenvalue weighted by Crippen LogP contribution is -2.03. The summed E-state index contributed by atoms with van der Waals surface area (Å²) in [6.45, 7) is -0.0683. The SMILES string of the molecule is CNc1ccc(Cl)c(COc2cc(Br)cc(F)c2F)n1. The van der Waals surface area contributed by atoms with Gasteiger partial charge in [-0.2, -0.15) is 4.39 Å². The van der Waals surface area contributed by atoms with Gasteiger partial charge >= 0.3 is 0 Å². The van der Waals surface area contributed by atoms with E-state index in [1.165, 1.54) is 6.07 Å². The molecule has 7 heteroatoms. The third-order valence-corrected chi connectivity index (χ3v) is 3.30. The second kappa shape index (κ2) is 6.37. The summed E-state index contributed by atoms with van der Waals surface area (Å²) in [4.78, 5) is 4.18. The molecule has 2 rings (SSSR count). The lowest BCUT2D eigenvalue weighted by molar-refractivity contribution is 0.280. The van der Waals surface area contributed by atoms with Gasteiger partial charge in [0.05, 0.1) is 10.7 Å². The number of aromatic nitrogens is 1. The number of benzene rings is 1. The Hall–Kier alpha value is -1.40. The first-order chi connectivity index (χ1) is 9.51. The average molecular weight is 364 g/mol. The highest BCUT2D eigenvalue weighted by Crippen LogP contribution is 2.27. The summed E-state index contributed by atoms with van der Waals surface area (Å²) in [7, 11) is 1.71. The second-order valence-corrected chi connectivity index (χ2v) is 5.19. The first kappa shape index (κ1) is 15.0. The van der Waals surface area contributed by atoms with Crippen LogP contribution < -0.4 is 10.1 Å². The largest absolute Gasteiger partial charge is 0.484 e. The van der Waals surface area contributed by atoms with Gasteiger partial charge in [0.15, 0.2) is 11.6 Å². The number of rotatable bonds is 4. The number of anilines is 1. The number of pyridine rings is 1. The molecule has 106 valence electrons. The van der Waals surface area contributed by atoms with Crippen molar-refractivity contribution < 1.29 is 13.5 Å². The lowest BCUT2D eigenvalue weighted by Gasteiger charge is -2.10. The van der Waals surface area contributed by atoms with E-state index in [4.69, 9.17) is 16.3 Å². The van der Waals surface area contributed by atoms with Gasteiger partial charge in [-0.1, -0.05) is 27.5 Å². The molecule has 0 aliphatic carbocycles. The molecule has 0 saturated carbocycles. The van der Waals surface area contributed by atoms with Gasteiger partial charge in [0.25, 0.3) is 0 Å². The molecule has 0 bridgehead atoms. The Labute approximate surface area is 128 Å². The topological polar surface area (TPSA) is 34.1 Å². The van der Waals surface area contributed by atoms with E-state index in [1.54, 1.807) is 19.2 Å². The van der Waals surface area contributed by atoms with E-state index in [0.29, 0.717) is 21.0 Å². The third kappa shape index (κ3) is 3.37. The summed E-state index contributed by atoms with van der Waals surface area (Å²) >= 11 is 9.05. The molecule has 1 aromatic heterocycles. The van der Waals surface area contributed by atoms with Crippen molar-refractivity contribution in [3.05, 3.63) is 51.1 Å². The maximum absolute atomic E-state index is 13.5. The first-order valence-electron chi connectivity index (χ1n) is 5.61. The zero-order chi connectivity index (χ0) is 14.7. The second-order valence-electron chi connectivity index (χ2n) is 3.86. The van der Waals surface area contributed by atoms with Crippen molar-refractivity contribution in [2.45, 2.75) is 6.61 Å². The molecular formula is C13H10BrClF2N2O. The summed E-state index contributed by atoms with van der Waals surface area (Å²) in [5.74, 6) is -1.63. The van der Waals surface area contributed by atoms with E-state index in [0.717, 1.165) is 6.07 Å². The third-order valence-electron chi connectivity index (χ3n) is 2.50. The van der Waals surface area contributed by atoms with Crippen LogP contribution in [0.5, 0.6) is 5.75 Å². The maximum atomic E-state index is 13.5. The maximum Gasteiger partial charge on any atom is 0.200 e. The molecule has 1 aromatic carbocycles. The van der Waals surface area contributed by atoms with Gasteiger partial charge in [0.2, 0.25) is 5.82 Å². The fourth-order valence-electron chi connectivity index (χ4n) is 1.51. The van der Waals surface area contributed by atoms with Crippen LogP contribution in [0.15, 0.2) is 28.7 Å². The Bertz CT molecular complexity index is 640. The van der Waals surface area contributed by atoms with Crippen molar-refractivity contribution in [1.29, 1.82) is 0 Å². The van der Waals surface area contributed by atoms with E-state index in [1.807, 2.05) is 0 Å². The fourth-order valence-corrected chi connectivity index (χ4v) is 2.08. The minimum Gasteiger partial charge on any atom is -0.484 e. The molecule has 0 aliphatic heterocycles. The van der Waals surface area contributed by atoms with Gasteiger partial charge in [-0.25, -0.2) is 9.37 Å². The monoisotopic (exact) mass is 362 g/mol. The summed E-state index contributed by atoms with van der Waals surface area (Å²) in [5.41, 5.74) is 0.429. The van der Waals surface area contributed by atoms with Crippen LogP contribution in [-0.4, -0.2) is 12.0 Å². The van der Waals surface area contributed by atoms with Crippen LogP contribution in [0.4, 0.5) is 14.6 Å². The predicted molar refractivity (Wildman–Crippen MR) is 77.2 cm³/mol. The van der Waals surface area contributed by atoms with Crippen molar-refractivity contribution in [3.8, 4) is 5.75 Å². The Morgan fingerprint density at radius 1 is 1.35 bits per heavy atom. The van der Waals surface area contributed by atoms with Gasteiger partial charge in [-0.3, -0.25) is 0 Å². The van der Waals surface area contributed by atoms with Gasteiger partial charge in [0.1, 0.15) is 12.4 Å². The molecular weight excluding hydrogens is 354 g/mol. The van der Waals surface area contributed by atoms with Crippen LogP contribution in [0.2, 0.25) is 5.02 Å². The molecule has 3 nitrogen and oxygen atoms in total. The molecule has 1 N–H and O–H groups in total. The number of nitrogens with one attached hydrogen (secondary N) is 1. The van der Waals surface area contributed by atoms with Gasteiger partial charge in [-0.05, 0) is 24.3 Å². The quantitative estimate of drug-likeness (QED) is 0.818. The van der Waals surface area contributed by atoms with E-state index in [-0.39, 0.29) is 12.4 Å². The molecule has 20 heavy (non-hydrogen) atoms. The summed E-state index contributed by atoms with van der Waals surface area (Å²) in [6.07, 6.45) is 0. The molecule has 0 spiro atoms. The molecule has 0 aliphatic rings. The van der Waals surface area contributed by atoms with Crippen molar-refractivity contribution in [1.82, 2.24) is 4.98 Å². The molecule has 0 amide bonds. The minimum absolute atomic E-state index is 0.0683. The number of hydrogen-bond acceptors (Lipinski definition) is 3. The summed E-state index contributed by atoms with van der Waals surface area (Å²) in [6, 6.07) is 5.71. The molecule has 0 unspecified atom stereocenters. The summed E-state index contributed by atoms with van der Waals surface area (Å²) in [5, 5.41) is 3.24.